The molecule has 110 valence electrons. The van der Waals surface area contributed by atoms with Gasteiger partial charge in [0.25, 0.3) is 0 Å². The molecule has 0 unspecified atom stereocenters. The number of carbonyl (C=O) groups is 2. The Labute approximate surface area is 121 Å². The van der Waals surface area contributed by atoms with E-state index in [2.05, 4.69) is 0 Å². The third-order valence-electron chi connectivity index (χ3n) is 2.73. The van der Waals surface area contributed by atoms with Crippen LogP contribution in [0, 0.1) is 0 Å². The van der Waals surface area contributed by atoms with Gasteiger partial charge in [0.2, 0.25) is 5.79 Å². The molecule has 1 fully saturated rings. The first kappa shape index (κ1) is 16.5. The van der Waals surface area contributed by atoms with Crippen molar-refractivity contribution in [3.05, 3.63) is 0 Å². The summed E-state index contributed by atoms with van der Waals surface area (Å²) in [5.74, 6) is -2.55. The van der Waals surface area contributed by atoms with E-state index in [1.54, 1.807) is 0 Å². The minimum Gasteiger partial charge on any atom is -0.456 e. The van der Waals surface area contributed by atoms with Crippen LogP contribution in [0.4, 0.5) is 0 Å². The summed E-state index contributed by atoms with van der Waals surface area (Å²) in [4.78, 5) is 22.3. The van der Waals surface area contributed by atoms with Crippen LogP contribution in [0.3, 0.4) is 0 Å². The largest absolute Gasteiger partial charge is 0.456 e. The zero-order chi connectivity index (χ0) is 14.6. The molecule has 0 bridgehead atoms. The van der Waals surface area contributed by atoms with Crippen LogP contribution < -0.4 is 0 Å². The third kappa shape index (κ3) is 3.51. The third-order valence-corrected chi connectivity index (χ3v) is 3.40. The number of hydrogen-bond acceptors (Lipinski definition) is 6. The molecular formula is C11H16Cl2O6. The van der Waals surface area contributed by atoms with E-state index in [0.717, 1.165) is 0 Å². The van der Waals surface area contributed by atoms with Gasteiger partial charge in [-0.2, -0.15) is 0 Å². The first-order valence-electron chi connectivity index (χ1n) is 5.59. The highest BCUT2D eigenvalue weighted by Gasteiger charge is 2.59. The maximum Gasteiger partial charge on any atom is 0.303 e. The molecule has 0 aromatic heterocycles. The Kier molecular flexibility index (Phi) is 5.85. The van der Waals surface area contributed by atoms with Crippen molar-refractivity contribution in [2.75, 3.05) is 18.9 Å². The Hall–Kier alpha value is -0.560. The minimum absolute atomic E-state index is 0.0394. The van der Waals surface area contributed by atoms with E-state index in [1.165, 1.54) is 21.0 Å². The monoisotopic (exact) mass is 314 g/mol. The minimum atomic E-state index is -1.38. The fourth-order valence-electron chi connectivity index (χ4n) is 1.95. The van der Waals surface area contributed by atoms with E-state index in [-0.39, 0.29) is 11.8 Å². The van der Waals surface area contributed by atoms with Crippen LogP contribution in [0.1, 0.15) is 13.8 Å². The topological polar surface area (TPSA) is 71.1 Å². The summed E-state index contributed by atoms with van der Waals surface area (Å²) in [6.07, 6.45) is -2.51. The van der Waals surface area contributed by atoms with Gasteiger partial charge in [-0.25, -0.2) is 0 Å². The van der Waals surface area contributed by atoms with Gasteiger partial charge in [-0.1, -0.05) is 0 Å². The van der Waals surface area contributed by atoms with Crippen molar-refractivity contribution in [2.45, 2.75) is 37.9 Å². The molecule has 1 aliphatic rings. The summed E-state index contributed by atoms with van der Waals surface area (Å²) >= 11 is 11.6. The molecule has 0 spiro atoms. The summed E-state index contributed by atoms with van der Waals surface area (Å²) in [5.41, 5.74) is 0. The van der Waals surface area contributed by atoms with Crippen molar-refractivity contribution in [1.29, 1.82) is 0 Å². The molecule has 8 heteroatoms. The molecule has 0 radical (unpaired) electrons. The van der Waals surface area contributed by atoms with Gasteiger partial charge in [-0.15, -0.1) is 23.2 Å². The molecule has 4 atom stereocenters. The Morgan fingerprint density at radius 2 is 1.79 bits per heavy atom. The summed E-state index contributed by atoms with van der Waals surface area (Å²) in [7, 11) is 1.36. The quantitative estimate of drug-likeness (QED) is 0.558. The molecule has 6 nitrogen and oxygen atoms in total. The van der Waals surface area contributed by atoms with Crippen molar-refractivity contribution in [2.24, 2.45) is 0 Å². The van der Waals surface area contributed by atoms with Crippen LogP contribution >= 0.6 is 23.2 Å². The van der Waals surface area contributed by atoms with Gasteiger partial charge in [0, 0.05) is 21.0 Å². The van der Waals surface area contributed by atoms with E-state index in [9.17, 15) is 9.59 Å². The molecular weight excluding hydrogens is 299 g/mol. The second kappa shape index (κ2) is 6.74. The predicted octanol–water partition coefficient (Wildman–Crippen LogP) is 1.07. The smallest absolute Gasteiger partial charge is 0.303 e. The van der Waals surface area contributed by atoms with Crippen molar-refractivity contribution < 1.29 is 28.5 Å². The SMILES string of the molecule is CO[C@]1(CCl)O[C@H](CCl)[C@@H](OC(C)=O)[C@@H]1OC(C)=O. The van der Waals surface area contributed by atoms with Gasteiger partial charge in [0.05, 0.1) is 11.8 Å². The zero-order valence-corrected chi connectivity index (χ0v) is 12.4. The number of alkyl halides is 2. The first-order valence-corrected chi connectivity index (χ1v) is 6.66. The predicted molar refractivity (Wildman–Crippen MR) is 67.2 cm³/mol. The number of rotatable bonds is 5. The molecule has 0 aromatic rings. The molecule has 0 aromatic carbocycles. The molecule has 0 amide bonds. The van der Waals surface area contributed by atoms with E-state index < -0.39 is 36.0 Å². The number of hydrogen-bond donors (Lipinski definition) is 0. The number of carbonyl (C=O) groups excluding carboxylic acids is 2. The molecule has 1 saturated heterocycles. The molecule has 1 aliphatic heterocycles. The van der Waals surface area contributed by atoms with Gasteiger partial charge in [0.15, 0.2) is 12.2 Å². The fourth-order valence-corrected chi connectivity index (χ4v) is 2.51. The van der Waals surface area contributed by atoms with Gasteiger partial charge in [-0.3, -0.25) is 9.59 Å². The molecule has 1 heterocycles. The normalized spacial score (nSPS) is 34.1. The average molecular weight is 315 g/mol. The van der Waals surface area contributed by atoms with Crippen molar-refractivity contribution in [3.63, 3.8) is 0 Å². The lowest BCUT2D eigenvalue weighted by atomic mass is 10.1. The lowest BCUT2D eigenvalue weighted by Crippen LogP contribution is -2.49. The van der Waals surface area contributed by atoms with Crippen LogP contribution in [0.15, 0.2) is 0 Å². The van der Waals surface area contributed by atoms with Crippen LogP contribution in [-0.2, 0) is 28.5 Å². The van der Waals surface area contributed by atoms with Gasteiger partial charge >= 0.3 is 11.9 Å². The number of esters is 2. The number of methoxy groups -OCH3 is 1. The average Bonchev–Trinajstić information content (AvgIpc) is 2.63. The van der Waals surface area contributed by atoms with E-state index in [1.807, 2.05) is 0 Å². The van der Waals surface area contributed by atoms with Crippen LogP contribution in [0.5, 0.6) is 0 Å². The number of halogens is 2. The van der Waals surface area contributed by atoms with E-state index in [0.29, 0.717) is 0 Å². The van der Waals surface area contributed by atoms with Gasteiger partial charge in [0.1, 0.15) is 6.10 Å². The Balaban J connectivity index is 3.07. The van der Waals surface area contributed by atoms with E-state index >= 15 is 0 Å². The second-order valence-corrected chi connectivity index (χ2v) is 4.64. The maximum absolute atomic E-state index is 11.2. The standard InChI is InChI=1S/C11H16Cl2O6/c1-6(14)17-9-8(4-12)19-11(5-13,16-3)10(9)18-7(2)15/h8-10H,4-5H2,1-3H3/t8-,9-,10+,11-/m1/s1. The maximum atomic E-state index is 11.2. The lowest BCUT2D eigenvalue weighted by Gasteiger charge is -2.31. The first-order chi connectivity index (χ1) is 8.90. The molecule has 0 saturated carbocycles. The second-order valence-electron chi connectivity index (χ2n) is 4.06. The van der Waals surface area contributed by atoms with Crippen LogP contribution in [0.25, 0.3) is 0 Å². The summed E-state index contributed by atoms with van der Waals surface area (Å²) in [6.45, 7) is 2.47. The molecule has 0 N–H and O–H groups in total. The summed E-state index contributed by atoms with van der Waals surface area (Å²) < 4.78 is 21.1. The fraction of sp³-hybridized carbons (Fsp3) is 0.818. The van der Waals surface area contributed by atoms with Gasteiger partial charge < -0.3 is 18.9 Å². The Morgan fingerprint density at radius 3 is 2.16 bits per heavy atom. The van der Waals surface area contributed by atoms with Crippen LogP contribution in [-0.4, -0.2) is 54.9 Å². The Bertz CT molecular complexity index is 344. The Morgan fingerprint density at radius 1 is 1.21 bits per heavy atom. The van der Waals surface area contributed by atoms with Gasteiger partial charge in [-0.05, 0) is 0 Å². The lowest BCUT2D eigenvalue weighted by molar-refractivity contribution is -0.235. The molecule has 19 heavy (non-hydrogen) atoms. The highest BCUT2D eigenvalue weighted by atomic mass is 35.5. The highest BCUT2D eigenvalue weighted by molar-refractivity contribution is 6.19. The van der Waals surface area contributed by atoms with Crippen molar-refractivity contribution >= 4 is 35.1 Å². The van der Waals surface area contributed by atoms with Crippen molar-refractivity contribution in [1.82, 2.24) is 0 Å². The zero-order valence-electron chi connectivity index (χ0n) is 10.9. The van der Waals surface area contributed by atoms with Crippen molar-refractivity contribution in [3.8, 4) is 0 Å². The van der Waals surface area contributed by atoms with Crippen LogP contribution in [0.2, 0.25) is 0 Å². The van der Waals surface area contributed by atoms with E-state index in [4.69, 9.17) is 42.1 Å². The molecule has 0 aliphatic carbocycles. The number of ether oxygens (including phenoxy) is 4. The summed E-state index contributed by atoms with van der Waals surface area (Å²) in [5, 5.41) is 0. The summed E-state index contributed by atoms with van der Waals surface area (Å²) in [6, 6.07) is 0. The highest BCUT2D eigenvalue weighted by Crippen LogP contribution is 2.37. The molecule has 1 rings (SSSR count).